The van der Waals surface area contributed by atoms with Gasteiger partial charge < -0.3 is 9.88 Å². The van der Waals surface area contributed by atoms with E-state index in [0.29, 0.717) is 23.4 Å². The number of nitrogens with zero attached hydrogens (tertiary/aromatic N) is 3. The number of carbonyl (C=O) groups excluding carboxylic acids is 1. The third kappa shape index (κ3) is 2.73. The third-order valence-corrected chi connectivity index (χ3v) is 3.59. The fourth-order valence-electron chi connectivity index (χ4n) is 2.43. The van der Waals surface area contributed by atoms with E-state index in [1.165, 1.54) is 0 Å². The maximum Gasteiger partial charge on any atom is 0.262 e. The van der Waals surface area contributed by atoms with E-state index in [1.807, 2.05) is 20.8 Å². The van der Waals surface area contributed by atoms with Crippen molar-refractivity contribution < 1.29 is 4.79 Å². The maximum absolute atomic E-state index is 12.6. The quantitative estimate of drug-likeness (QED) is 0.774. The molecule has 0 atom stereocenters. The summed E-state index contributed by atoms with van der Waals surface area (Å²) in [4.78, 5) is 29.4. The first-order valence-electron chi connectivity index (χ1n) is 7.33. The Morgan fingerprint density at radius 1 is 1.35 bits per heavy atom. The van der Waals surface area contributed by atoms with E-state index < -0.39 is 5.91 Å². The van der Waals surface area contributed by atoms with Crippen molar-refractivity contribution in [3.63, 3.8) is 0 Å². The average molecular weight is 311 g/mol. The first-order valence-corrected chi connectivity index (χ1v) is 7.33. The summed E-state index contributed by atoms with van der Waals surface area (Å²) in [7, 11) is 0. The smallest absolute Gasteiger partial charge is 0.262 e. The van der Waals surface area contributed by atoms with Crippen LogP contribution in [0.25, 0.3) is 11.0 Å². The van der Waals surface area contributed by atoms with Crippen molar-refractivity contribution in [3.05, 3.63) is 51.6 Å². The molecule has 3 aromatic rings. The van der Waals surface area contributed by atoms with Crippen molar-refractivity contribution in [2.75, 3.05) is 5.32 Å². The number of pyridine rings is 2. The average Bonchev–Trinajstić information content (AvgIpc) is 2.92. The van der Waals surface area contributed by atoms with Gasteiger partial charge in [0.2, 0.25) is 5.43 Å². The van der Waals surface area contributed by atoms with E-state index >= 15 is 0 Å². The Morgan fingerprint density at radius 3 is 2.78 bits per heavy atom. The zero-order valence-electron chi connectivity index (χ0n) is 13.2. The first-order chi connectivity index (χ1) is 11.0. The SMILES string of the molecule is CCn1cc(C(=O)Nc2cc(C)[nH]n2)c(=O)c2ccc(C)nc21. The second-order valence-corrected chi connectivity index (χ2v) is 5.37. The molecule has 0 aromatic carbocycles. The topological polar surface area (TPSA) is 92.7 Å². The molecule has 3 aromatic heterocycles. The molecule has 0 aliphatic rings. The van der Waals surface area contributed by atoms with Gasteiger partial charge in [0, 0.05) is 30.2 Å². The van der Waals surface area contributed by atoms with Crippen LogP contribution in [0.5, 0.6) is 0 Å². The molecule has 0 spiro atoms. The largest absolute Gasteiger partial charge is 0.332 e. The van der Waals surface area contributed by atoms with Crippen LogP contribution < -0.4 is 10.7 Å². The molecule has 0 saturated carbocycles. The minimum atomic E-state index is -0.480. The first kappa shape index (κ1) is 15.0. The van der Waals surface area contributed by atoms with E-state index in [0.717, 1.165) is 11.4 Å². The normalized spacial score (nSPS) is 10.9. The number of nitrogens with one attached hydrogen (secondary N) is 2. The standard InChI is InChI=1S/C16H17N5O2/c1-4-21-8-12(16(23)18-13-7-10(3)19-20-13)14(22)11-6-5-9(2)17-15(11)21/h5-8H,4H2,1-3H3,(H2,18,19,20,23). The number of aromatic amines is 1. The van der Waals surface area contributed by atoms with Gasteiger partial charge in [-0.3, -0.25) is 14.7 Å². The van der Waals surface area contributed by atoms with Crippen LogP contribution in [-0.4, -0.2) is 25.7 Å². The predicted molar refractivity (Wildman–Crippen MR) is 87.7 cm³/mol. The number of aryl methyl sites for hydroxylation is 3. The molecule has 7 nitrogen and oxygen atoms in total. The Morgan fingerprint density at radius 2 is 2.13 bits per heavy atom. The minimum Gasteiger partial charge on any atom is -0.332 e. The zero-order valence-corrected chi connectivity index (χ0v) is 13.2. The number of hydrogen-bond acceptors (Lipinski definition) is 4. The van der Waals surface area contributed by atoms with Crippen LogP contribution in [0.3, 0.4) is 0 Å². The molecule has 0 aliphatic heterocycles. The Labute approximate surface area is 132 Å². The molecule has 0 bridgehead atoms. The van der Waals surface area contributed by atoms with Gasteiger partial charge in [0.05, 0.1) is 5.39 Å². The molecule has 23 heavy (non-hydrogen) atoms. The highest BCUT2D eigenvalue weighted by atomic mass is 16.2. The molecular formula is C16H17N5O2. The van der Waals surface area contributed by atoms with E-state index in [9.17, 15) is 9.59 Å². The van der Waals surface area contributed by atoms with Crippen molar-refractivity contribution in [2.24, 2.45) is 0 Å². The predicted octanol–water partition coefficient (Wildman–Crippen LogP) is 2.01. The van der Waals surface area contributed by atoms with Crippen LogP contribution in [0.2, 0.25) is 0 Å². The summed E-state index contributed by atoms with van der Waals surface area (Å²) in [5.41, 5.74) is 1.98. The fraction of sp³-hybridized carbons (Fsp3) is 0.250. The van der Waals surface area contributed by atoms with Crippen LogP contribution in [0.15, 0.2) is 29.2 Å². The van der Waals surface area contributed by atoms with Crippen molar-refractivity contribution >= 4 is 22.8 Å². The van der Waals surface area contributed by atoms with Crippen LogP contribution in [-0.2, 0) is 6.54 Å². The lowest BCUT2D eigenvalue weighted by Crippen LogP contribution is -2.24. The number of amides is 1. The van der Waals surface area contributed by atoms with Crippen molar-refractivity contribution in [3.8, 4) is 0 Å². The monoisotopic (exact) mass is 311 g/mol. The Balaban J connectivity index is 2.10. The van der Waals surface area contributed by atoms with Gasteiger partial charge in [-0.05, 0) is 32.9 Å². The summed E-state index contributed by atoms with van der Waals surface area (Å²) in [5.74, 6) is -0.0942. The number of anilines is 1. The maximum atomic E-state index is 12.6. The van der Waals surface area contributed by atoms with Gasteiger partial charge in [-0.1, -0.05) is 0 Å². The molecule has 0 unspecified atom stereocenters. The number of aromatic nitrogens is 4. The Hall–Kier alpha value is -2.96. The second-order valence-electron chi connectivity index (χ2n) is 5.37. The highest BCUT2D eigenvalue weighted by Crippen LogP contribution is 2.12. The van der Waals surface area contributed by atoms with E-state index in [1.54, 1.807) is 29.0 Å². The van der Waals surface area contributed by atoms with Crippen LogP contribution in [0, 0.1) is 13.8 Å². The summed E-state index contributed by atoms with van der Waals surface area (Å²) in [6, 6.07) is 5.17. The Kier molecular flexibility index (Phi) is 3.69. The number of rotatable bonds is 3. The van der Waals surface area contributed by atoms with Gasteiger partial charge in [0.25, 0.3) is 5.91 Å². The molecule has 3 heterocycles. The molecule has 7 heteroatoms. The summed E-state index contributed by atoms with van der Waals surface area (Å²) < 4.78 is 1.80. The summed E-state index contributed by atoms with van der Waals surface area (Å²) in [6.07, 6.45) is 1.55. The van der Waals surface area contributed by atoms with Crippen molar-refractivity contribution in [1.82, 2.24) is 19.7 Å². The molecular weight excluding hydrogens is 294 g/mol. The van der Waals surface area contributed by atoms with Crippen molar-refractivity contribution in [1.29, 1.82) is 0 Å². The van der Waals surface area contributed by atoms with E-state index in [-0.39, 0.29) is 11.0 Å². The molecule has 3 rings (SSSR count). The highest BCUT2D eigenvalue weighted by molar-refractivity contribution is 6.05. The lowest BCUT2D eigenvalue weighted by atomic mass is 10.1. The highest BCUT2D eigenvalue weighted by Gasteiger charge is 2.16. The summed E-state index contributed by atoms with van der Waals surface area (Å²) in [6.45, 7) is 6.24. The molecule has 1 amide bonds. The second kappa shape index (κ2) is 5.68. The molecule has 2 N–H and O–H groups in total. The number of H-pyrrole nitrogens is 1. The van der Waals surface area contributed by atoms with E-state index in [4.69, 9.17) is 0 Å². The number of carbonyl (C=O) groups is 1. The van der Waals surface area contributed by atoms with Gasteiger partial charge in [0.1, 0.15) is 11.2 Å². The number of fused-ring (bicyclic) bond motifs is 1. The van der Waals surface area contributed by atoms with Gasteiger partial charge in [0.15, 0.2) is 5.82 Å². The van der Waals surface area contributed by atoms with Gasteiger partial charge >= 0.3 is 0 Å². The molecule has 0 fully saturated rings. The lowest BCUT2D eigenvalue weighted by molar-refractivity contribution is 0.102. The third-order valence-electron chi connectivity index (χ3n) is 3.59. The van der Waals surface area contributed by atoms with Crippen LogP contribution >= 0.6 is 0 Å². The van der Waals surface area contributed by atoms with Crippen LogP contribution in [0.4, 0.5) is 5.82 Å². The molecule has 0 radical (unpaired) electrons. The molecule has 0 saturated heterocycles. The fourth-order valence-corrected chi connectivity index (χ4v) is 2.43. The van der Waals surface area contributed by atoms with Gasteiger partial charge in [-0.25, -0.2) is 4.98 Å². The summed E-state index contributed by atoms with van der Waals surface area (Å²) in [5, 5.41) is 9.76. The minimum absolute atomic E-state index is 0.0747. The zero-order chi connectivity index (χ0) is 16.6. The molecule has 0 aliphatic carbocycles. The number of hydrogen-bond donors (Lipinski definition) is 2. The Bertz CT molecular complexity index is 955. The van der Waals surface area contributed by atoms with Gasteiger partial charge in [-0.15, -0.1) is 0 Å². The van der Waals surface area contributed by atoms with Crippen LogP contribution in [0.1, 0.15) is 28.7 Å². The molecule has 118 valence electrons. The van der Waals surface area contributed by atoms with Crippen molar-refractivity contribution in [2.45, 2.75) is 27.3 Å². The van der Waals surface area contributed by atoms with Gasteiger partial charge in [-0.2, -0.15) is 5.10 Å². The lowest BCUT2D eigenvalue weighted by Gasteiger charge is -2.11. The summed E-state index contributed by atoms with van der Waals surface area (Å²) >= 11 is 0. The van der Waals surface area contributed by atoms with E-state index in [2.05, 4.69) is 20.5 Å².